The van der Waals surface area contributed by atoms with Crippen LogP contribution < -0.4 is 5.32 Å². The Balaban J connectivity index is 2.35. The summed E-state index contributed by atoms with van der Waals surface area (Å²) in [6.07, 6.45) is 4.02. The van der Waals surface area contributed by atoms with Crippen LogP contribution in [0.3, 0.4) is 0 Å². The Bertz CT molecular complexity index is 305. The van der Waals surface area contributed by atoms with Gasteiger partial charge in [0, 0.05) is 19.6 Å². The highest BCUT2D eigenvalue weighted by Gasteiger charge is 2.23. The van der Waals surface area contributed by atoms with E-state index in [1.54, 1.807) is 4.90 Å². The van der Waals surface area contributed by atoms with Crippen molar-refractivity contribution in [1.29, 1.82) is 0 Å². The third-order valence-electron chi connectivity index (χ3n) is 2.73. The first-order valence-corrected chi connectivity index (χ1v) is 6.79. The average molecular weight is 254 g/mol. The fraction of sp³-hybridized carbons (Fsp3) is 0.786. The number of nitrogens with zero attached hydrogens (tertiary/aromatic N) is 1. The Morgan fingerprint density at radius 2 is 2.22 bits per heavy atom. The summed E-state index contributed by atoms with van der Waals surface area (Å²) >= 11 is 0. The van der Waals surface area contributed by atoms with Gasteiger partial charge in [0.15, 0.2) is 0 Å². The maximum Gasteiger partial charge on any atom is 0.410 e. The zero-order chi connectivity index (χ0) is 13.6. The minimum atomic E-state index is -0.413. The Kier molecular flexibility index (Phi) is 5.66. The molecule has 0 unspecified atom stereocenters. The zero-order valence-electron chi connectivity index (χ0n) is 12.1. The lowest BCUT2D eigenvalue weighted by atomic mass is 10.1. The molecule has 0 aromatic rings. The van der Waals surface area contributed by atoms with E-state index in [4.69, 9.17) is 4.74 Å². The summed E-state index contributed by atoms with van der Waals surface area (Å²) < 4.78 is 5.35. The highest BCUT2D eigenvalue weighted by Crippen LogP contribution is 2.14. The maximum absolute atomic E-state index is 11.8. The summed E-state index contributed by atoms with van der Waals surface area (Å²) in [4.78, 5) is 13.6. The van der Waals surface area contributed by atoms with Crippen molar-refractivity contribution < 1.29 is 9.53 Å². The third kappa shape index (κ3) is 5.54. The average Bonchev–Trinajstić information content (AvgIpc) is 2.28. The molecule has 1 amide bonds. The van der Waals surface area contributed by atoms with Gasteiger partial charge >= 0.3 is 6.09 Å². The van der Waals surface area contributed by atoms with Gasteiger partial charge in [0.2, 0.25) is 0 Å². The van der Waals surface area contributed by atoms with Gasteiger partial charge in [-0.05, 0) is 40.2 Å². The molecular formula is C14H26N2O2. The summed E-state index contributed by atoms with van der Waals surface area (Å²) in [7, 11) is 0. The molecule has 18 heavy (non-hydrogen) atoms. The first-order valence-electron chi connectivity index (χ1n) is 6.79. The third-order valence-corrected chi connectivity index (χ3v) is 2.73. The summed E-state index contributed by atoms with van der Waals surface area (Å²) in [5.74, 6) is 0. The summed E-state index contributed by atoms with van der Waals surface area (Å²) in [5.41, 5.74) is 0.979. The van der Waals surface area contributed by atoms with E-state index in [1.165, 1.54) is 5.57 Å². The molecule has 1 aliphatic heterocycles. The van der Waals surface area contributed by atoms with E-state index in [0.29, 0.717) is 6.54 Å². The Morgan fingerprint density at radius 3 is 2.72 bits per heavy atom. The lowest BCUT2D eigenvalue weighted by molar-refractivity contribution is 0.0265. The standard InChI is InChI=1S/C14H26N2O2/c1-5-8-15-11-12-6-9-16(10-7-12)13(17)18-14(2,3)4/h6,15H,5,7-11H2,1-4H3. The molecule has 104 valence electrons. The fourth-order valence-electron chi connectivity index (χ4n) is 1.79. The highest BCUT2D eigenvalue weighted by atomic mass is 16.6. The Hall–Kier alpha value is -1.03. The van der Waals surface area contributed by atoms with Crippen molar-refractivity contribution in [1.82, 2.24) is 10.2 Å². The minimum Gasteiger partial charge on any atom is -0.444 e. The van der Waals surface area contributed by atoms with Crippen LogP contribution in [0.1, 0.15) is 40.5 Å². The van der Waals surface area contributed by atoms with Crippen LogP contribution >= 0.6 is 0 Å². The number of ether oxygens (including phenoxy) is 1. The lowest BCUT2D eigenvalue weighted by Gasteiger charge is -2.29. The molecule has 1 heterocycles. The Morgan fingerprint density at radius 1 is 1.50 bits per heavy atom. The van der Waals surface area contributed by atoms with E-state index in [9.17, 15) is 4.79 Å². The molecule has 0 radical (unpaired) electrons. The molecule has 4 nitrogen and oxygen atoms in total. The molecule has 0 fully saturated rings. The molecule has 0 aromatic carbocycles. The number of amides is 1. The van der Waals surface area contributed by atoms with Crippen LogP contribution in [-0.4, -0.2) is 42.8 Å². The maximum atomic E-state index is 11.8. The molecule has 1 aliphatic rings. The molecule has 1 N–H and O–H groups in total. The van der Waals surface area contributed by atoms with Gasteiger partial charge < -0.3 is 15.0 Å². The van der Waals surface area contributed by atoms with Gasteiger partial charge in [-0.1, -0.05) is 18.6 Å². The highest BCUT2D eigenvalue weighted by molar-refractivity contribution is 5.68. The molecule has 1 rings (SSSR count). The molecule has 4 heteroatoms. The van der Waals surface area contributed by atoms with Crippen molar-refractivity contribution in [2.45, 2.75) is 46.1 Å². The second-order valence-corrected chi connectivity index (χ2v) is 5.72. The van der Waals surface area contributed by atoms with Gasteiger partial charge in [-0.3, -0.25) is 0 Å². The van der Waals surface area contributed by atoms with E-state index in [1.807, 2.05) is 20.8 Å². The molecule has 0 aliphatic carbocycles. The SMILES string of the molecule is CCCNCC1=CCN(C(=O)OC(C)(C)C)CC1. The molecule has 0 saturated carbocycles. The summed E-state index contributed by atoms with van der Waals surface area (Å²) in [5, 5.41) is 3.38. The summed E-state index contributed by atoms with van der Waals surface area (Å²) in [6, 6.07) is 0. The molecule has 0 saturated heterocycles. The molecule has 0 atom stereocenters. The second-order valence-electron chi connectivity index (χ2n) is 5.72. The number of carbonyl (C=O) groups is 1. The van der Waals surface area contributed by atoms with Crippen molar-refractivity contribution in [2.75, 3.05) is 26.2 Å². The zero-order valence-corrected chi connectivity index (χ0v) is 12.1. The van der Waals surface area contributed by atoms with Gasteiger partial charge in [-0.25, -0.2) is 4.79 Å². The number of hydrogen-bond acceptors (Lipinski definition) is 3. The quantitative estimate of drug-likeness (QED) is 0.619. The van der Waals surface area contributed by atoms with Crippen molar-refractivity contribution in [3.05, 3.63) is 11.6 Å². The predicted octanol–water partition coefficient (Wildman–Crippen LogP) is 2.55. The summed E-state index contributed by atoms with van der Waals surface area (Å²) in [6.45, 7) is 11.3. The van der Waals surface area contributed by atoms with Crippen molar-refractivity contribution in [2.24, 2.45) is 0 Å². The van der Waals surface area contributed by atoms with Crippen LogP contribution in [0.5, 0.6) is 0 Å². The van der Waals surface area contributed by atoms with E-state index < -0.39 is 5.60 Å². The van der Waals surface area contributed by atoms with Crippen LogP contribution in [0.15, 0.2) is 11.6 Å². The van der Waals surface area contributed by atoms with E-state index in [-0.39, 0.29) is 6.09 Å². The smallest absolute Gasteiger partial charge is 0.410 e. The number of hydrogen-bond donors (Lipinski definition) is 1. The van der Waals surface area contributed by atoms with E-state index >= 15 is 0 Å². The monoisotopic (exact) mass is 254 g/mol. The lowest BCUT2D eigenvalue weighted by Crippen LogP contribution is -2.40. The van der Waals surface area contributed by atoms with Gasteiger partial charge in [-0.2, -0.15) is 0 Å². The predicted molar refractivity (Wildman–Crippen MR) is 73.7 cm³/mol. The van der Waals surface area contributed by atoms with Gasteiger partial charge in [0.05, 0.1) is 0 Å². The van der Waals surface area contributed by atoms with Crippen LogP contribution in [-0.2, 0) is 4.74 Å². The number of nitrogens with one attached hydrogen (secondary N) is 1. The van der Waals surface area contributed by atoms with Gasteiger partial charge in [-0.15, -0.1) is 0 Å². The normalized spacial score (nSPS) is 16.4. The number of carbonyl (C=O) groups excluding carboxylic acids is 1. The van der Waals surface area contributed by atoms with Crippen molar-refractivity contribution >= 4 is 6.09 Å². The molecule has 0 bridgehead atoms. The molecule has 0 spiro atoms. The Labute approximate surface area is 110 Å². The van der Waals surface area contributed by atoms with Crippen molar-refractivity contribution in [3.63, 3.8) is 0 Å². The van der Waals surface area contributed by atoms with Crippen LogP contribution in [0.25, 0.3) is 0 Å². The van der Waals surface area contributed by atoms with Gasteiger partial charge in [0.25, 0.3) is 0 Å². The van der Waals surface area contributed by atoms with E-state index in [2.05, 4.69) is 18.3 Å². The van der Waals surface area contributed by atoms with E-state index in [0.717, 1.165) is 32.5 Å². The van der Waals surface area contributed by atoms with Crippen molar-refractivity contribution in [3.8, 4) is 0 Å². The van der Waals surface area contributed by atoms with Crippen LogP contribution in [0, 0.1) is 0 Å². The van der Waals surface area contributed by atoms with Crippen LogP contribution in [0.2, 0.25) is 0 Å². The minimum absolute atomic E-state index is 0.209. The van der Waals surface area contributed by atoms with Crippen LogP contribution in [0.4, 0.5) is 4.79 Å². The second kappa shape index (κ2) is 6.78. The molecular weight excluding hydrogens is 228 g/mol. The molecule has 0 aromatic heterocycles. The fourth-order valence-corrected chi connectivity index (χ4v) is 1.79. The first kappa shape index (κ1) is 15.0. The van der Waals surface area contributed by atoms with Gasteiger partial charge in [0.1, 0.15) is 5.60 Å². The number of rotatable bonds is 4. The first-order chi connectivity index (χ1) is 8.42. The topological polar surface area (TPSA) is 41.6 Å². The largest absolute Gasteiger partial charge is 0.444 e.